The third-order valence-electron chi connectivity index (χ3n) is 5.40. The fourth-order valence-corrected chi connectivity index (χ4v) is 3.90. The second-order valence-corrected chi connectivity index (χ2v) is 9.48. The van der Waals surface area contributed by atoms with E-state index in [-0.39, 0.29) is 17.9 Å². The number of nitrogens with one attached hydrogen (secondary N) is 2. The molecule has 2 unspecified atom stereocenters. The highest BCUT2D eigenvalue weighted by Crippen LogP contribution is 2.24. The maximum atomic E-state index is 13.3. The Morgan fingerprint density at radius 3 is 2.35 bits per heavy atom. The molecule has 1 aromatic rings. The van der Waals surface area contributed by atoms with Crippen molar-refractivity contribution < 1.29 is 19.1 Å². The predicted octanol–water partition coefficient (Wildman–Crippen LogP) is 3.86. The van der Waals surface area contributed by atoms with Crippen LogP contribution in [0.4, 0.5) is 4.79 Å². The number of aryl methyl sites for hydroxylation is 1. The Morgan fingerprint density at radius 2 is 1.77 bits per heavy atom. The number of hydrogen-bond donors (Lipinski definition) is 2. The van der Waals surface area contributed by atoms with Gasteiger partial charge in [-0.25, -0.2) is 4.79 Å². The van der Waals surface area contributed by atoms with Crippen LogP contribution in [0.5, 0.6) is 0 Å². The van der Waals surface area contributed by atoms with E-state index in [2.05, 4.69) is 10.6 Å². The molecular formula is C24H37N3O4. The van der Waals surface area contributed by atoms with E-state index < -0.39 is 23.8 Å². The van der Waals surface area contributed by atoms with Gasteiger partial charge in [0.2, 0.25) is 11.8 Å². The zero-order valence-corrected chi connectivity index (χ0v) is 19.7. The summed E-state index contributed by atoms with van der Waals surface area (Å²) in [5.74, 6) is -0.561. The monoisotopic (exact) mass is 431 g/mol. The highest BCUT2D eigenvalue weighted by molar-refractivity contribution is 5.91. The third kappa shape index (κ3) is 7.56. The molecule has 2 rings (SSSR count). The van der Waals surface area contributed by atoms with Gasteiger partial charge in [-0.15, -0.1) is 0 Å². The number of carbonyl (C=O) groups is 3. The van der Waals surface area contributed by atoms with Gasteiger partial charge in [-0.3, -0.25) is 9.59 Å². The number of amides is 3. The van der Waals surface area contributed by atoms with E-state index in [1.54, 1.807) is 34.7 Å². The second-order valence-electron chi connectivity index (χ2n) is 9.48. The zero-order valence-electron chi connectivity index (χ0n) is 19.7. The van der Waals surface area contributed by atoms with Crippen LogP contribution in [-0.4, -0.2) is 47.5 Å². The zero-order chi connectivity index (χ0) is 23.2. The van der Waals surface area contributed by atoms with Gasteiger partial charge in [0.25, 0.3) is 0 Å². The first-order valence-corrected chi connectivity index (χ1v) is 11.1. The Hall–Kier alpha value is -2.57. The quantitative estimate of drug-likeness (QED) is 0.716. The number of alkyl carbamates (subject to hydrolysis) is 1. The van der Waals surface area contributed by atoms with E-state index in [0.29, 0.717) is 0 Å². The number of benzene rings is 1. The number of likely N-dealkylation sites (N-methyl/N-ethyl adjacent to an activating group) is 1. The van der Waals surface area contributed by atoms with Gasteiger partial charge in [-0.1, -0.05) is 49.1 Å². The lowest BCUT2D eigenvalue weighted by Crippen LogP contribution is -2.51. The molecule has 2 atom stereocenters. The van der Waals surface area contributed by atoms with Crippen molar-refractivity contribution in [1.29, 1.82) is 0 Å². The van der Waals surface area contributed by atoms with Gasteiger partial charge >= 0.3 is 6.09 Å². The van der Waals surface area contributed by atoms with Gasteiger partial charge in [0.15, 0.2) is 0 Å². The van der Waals surface area contributed by atoms with Crippen LogP contribution in [0.1, 0.15) is 77.0 Å². The minimum absolute atomic E-state index is 0.134. The van der Waals surface area contributed by atoms with Crippen LogP contribution in [0.25, 0.3) is 0 Å². The Bertz CT molecular complexity index is 781. The first kappa shape index (κ1) is 24.7. The SMILES string of the molecule is Cc1cccc(C(C(=O)NC2CCCCC2)N(C)C(=O)C(C)NC(=O)OC(C)(C)C)c1. The van der Waals surface area contributed by atoms with Crippen molar-refractivity contribution in [3.8, 4) is 0 Å². The molecule has 31 heavy (non-hydrogen) atoms. The maximum absolute atomic E-state index is 13.3. The first-order valence-electron chi connectivity index (χ1n) is 11.1. The predicted molar refractivity (Wildman–Crippen MR) is 121 cm³/mol. The largest absolute Gasteiger partial charge is 0.444 e. The summed E-state index contributed by atoms with van der Waals surface area (Å²) < 4.78 is 5.25. The Balaban J connectivity index is 2.18. The Morgan fingerprint density at radius 1 is 1.13 bits per heavy atom. The van der Waals surface area contributed by atoms with Crippen molar-refractivity contribution in [3.63, 3.8) is 0 Å². The van der Waals surface area contributed by atoms with E-state index in [1.165, 1.54) is 11.3 Å². The molecule has 1 fully saturated rings. The van der Waals surface area contributed by atoms with Crippen LogP contribution >= 0.6 is 0 Å². The highest BCUT2D eigenvalue weighted by Gasteiger charge is 2.33. The van der Waals surface area contributed by atoms with Crippen LogP contribution in [0.2, 0.25) is 0 Å². The number of ether oxygens (including phenoxy) is 1. The summed E-state index contributed by atoms with van der Waals surface area (Å²) in [5, 5.41) is 5.71. The van der Waals surface area contributed by atoms with E-state index in [0.717, 1.165) is 36.8 Å². The maximum Gasteiger partial charge on any atom is 0.408 e. The van der Waals surface area contributed by atoms with Gasteiger partial charge in [0.05, 0.1) is 0 Å². The van der Waals surface area contributed by atoms with Gasteiger partial charge in [-0.05, 0) is 53.0 Å². The number of rotatable bonds is 6. The highest BCUT2D eigenvalue weighted by atomic mass is 16.6. The van der Waals surface area contributed by atoms with Crippen molar-refractivity contribution in [2.24, 2.45) is 0 Å². The van der Waals surface area contributed by atoms with Crippen LogP contribution in [-0.2, 0) is 14.3 Å². The molecule has 0 spiro atoms. The summed E-state index contributed by atoms with van der Waals surface area (Å²) in [4.78, 5) is 39.9. The number of hydrogen-bond acceptors (Lipinski definition) is 4. The Kier molecular flexibility index (Phi) is 8.48. The fourth-order valence-electron chi connectivity index (χ4n) is 3.90. The summed E-state index contributed by atoms with van der Waals surface area (Å²) >= 11 is 0. The van der Waals surface area contributed by atoms with Crippen molar-refractivity contribution >= 4 is 17.9 Å². The molecule has 7 nitrogen and oxygen atoms in total. The third-order valence-corrected chi connectivity index (χ3v) is 5.40. The van der Waals surface area contributed by atoms with E-state index >= 15 is 0 Å². The summed E-state index contributed by atoms with van der Waals surface area (Å²) in [7, 11) is 1.60. The minimum Gasteiger partial charge on any atom is -0.444 e. The summed E-state index contributed by atoms with van der Waals surface area (Å²) in [6, 6.07) is 6.12. The second kappa shape index (κ2) is 10.6. The van der Waals surface area contributed by atoms with Crippen molar-refractivity contribution in [1.82, 2.24) is 15.5 Å². The van der Waals surface area contributed by atoms with Gasteiger partial charge in [0.1, 0.15) is 17.7 Å². The van der Waals surface area contributed by atoms with E-state index in [1.807, 2.05) is 31.2 Å². The molecular weight excluding hydrogens is 394 g/mol. The van der Waals surface area contributed by atoms with Crippen LogP contribution in [0, 0.1) is 6.92 Å². The standard InChI is InChI=1S/C24H37N3O4/c1-16-11-10-12-18(15-16)20(21(28)26-19-13-8-7-9-14-19)27(6)22(29)17(2)25-23(30)31-24(3,4)5/h10-12,15,17,19-20H,7-9,13-14H2,1-6H3,(H,25,30)(H,26,28). The summed E-state index contributed by atoms with van der Waals surface area (Å²) in [6.45, 7) is 8.82. The molecule has 2 N–H and O–H groups in total. The average molecular weight is 432 g/mol. The van der Waals surface area contributed by atoms with Crippen LogP contribution < -0.4 is 10.6 Å². The van der Waals surface area contributed by atoms with Crippen molar-refractivity contribution in [2.45, 2.75) is 90.4 Å². The van der Waals surface area contributed by atoms with Gasteiger partial charge in [-0.2, -0.15) is 0 Å². The van der Waals surface area contributed by atoms with Crippen molar-refractivity contribution in [2.75, 3.05) is 7.05 Å². The molecule has 0 aliphatic heterocycles. The van der Waals surface area contributed by atoms with Crippen LogP contribution in [0.15, 0.2) is 24.3 Å². The van der Waals surface area contributed by atoms with Crippen LogP contribution in [0.3, 0.4) is 0 Å². The molecule has 3 amide bonds. The van der Waals surface area contributed by atoms with E-state index in [9.17, 15) is 14.4 Å². The molecule has 1 aliphatic rings. The first-order chi connectivity index (χ1) is 14.5. The molecule has 7 heteroatoms. The van der Waals surface area contributed by atoms with Crippen molar-refractivity contribution in [3.05, 3.63) is 35.4 Å². The molecule has 0 aromatic heterocycles. The smallest absolute Gasteiger partial charge is 0.408 e. The number of carbonyl (C=O) groups excluding carboxylic acids is 3. The summed E-state index contributed by atoms with van der Waals surface area (Å²) in [5.41, 5.74) is 1.09. The fraction of sp³-hybridized carbons (Fsp3) is 0.625. The molecule has 0 saturated heterocycles. The average Bonchev–Trinajstić information content (AvgIpc) is 2.66. The topological polar surface area (TPSA) is 87.7 Å². The molecule has 0 radical (unpaired) electrons. The molecule has 172 valence electrons. The molecule has 1 aliphatic carbocycles. The summed E-state index contributed by atoms with van der Waals surface area (Å²) in [6.07, 6.45) is 4.65. The molecule has 1 aromatic carbocycles. The molecule has 0 bridgehead atoms. The lowest BCUT2D eigenvalue weighted by atomic mass is 9.94. The minimum atomic E-state index is -0.838. The lowest BCUT2D eigenvalue weighted by Gasteiger charge is -2.32. The van der Waals surface area contributed by atoms with E-state index in [4.69, 9.17) is 4.74 Å². The number of nitrogens with zero attached hydrogens (tertiary/aromatic N) is 1. The molecule has 1 saturated carbocycles. The normalized spacial score (nSPS) is 16.7. The van der Waals surface area contributed by atoms with Gasteiger partial charge in [0, 0.05) is 13.1 Å². The lowest BCUT2D eigenvalue weighted by molar-refractivity contribution is -0.140. The molecule has 0 heterocycles. The van der Waals surface area contributed by atoms with Gasteiger partial charge < -0.3 is 20.3 Å². The Labute approximate surface area is 185 Å².